The molecular weight excluding hydrogens is 186 g/mol. The van der Waals surface area contributed by atoms with Crippen molar-refractivity contribution >= 4 is 0 Å². The van der Waals surface area contributed by atoms with E-state index in [4.69, 9.17) is 0 Å². The predicted molar refractivity (Wildman–Crippen MR) is 66.2 cm³/mol. The molecule has 2 heteroatoms. The Hall–Kier alpha value is -1.80. The Labute approximate surface area is 91.0 Å². The summed E-state index contributed by atoms with van der Waals surface area (Å²) in [4.78, 5) is 0. The molecule has 0 saturated heterocycles. The molecule has 0 atom stereocenters. The maximum atomic E-state index is 2.92. The van der Waals surface area contributed by atoms with Crippen molar-refractivity contribution in [2.24, 2.45) is 0 Å². The summed E-state index contributed by atoms with van der Waals surface area (Å²) in [6.45, 7) is 0. The first-order valence-electron chi connectivity index (χ1n) is 4.73. The fraction of sp³-hybridized carbons (Fsp3) is 0.0769. The third-order valence-corrected chi connectivity index (χ3v) is 1.60. The van der Waals surface area contributed by atoms with Crippen LogP contribution < -0.4 is 5.32 Å². The van der Waals surface area contributed by atoms with Gasteiger partial charge >= 0.3 is 0 Å². The number of allylic oxidation sites excluding steroid dienone is 10. The molecule has 0 saturated carbocycles. The highest BCUT2D eigenvalue weighted by Gasteiger charge is 1.70. The molecule has 0 amide bonds. The highest BCUT2D eigenvalue weighted by Crippen LogP contribution is 1.92. The molecule has 2 nitrogen and oxygen atoms in total. The van der Waals surface area contributed by atoms with Gasteiger partial charge in [0.1, 0.15) is 0 Å². The van der Waals surface area contributed by atoms with Gasteiger partial charge in [0.15, 0.2) is 0 Å². The Morgan fingerprint density at radius 1 is 0.600 bits per heavy atom. The van der Waals surface area contributed by atoms with E-state index in [2.05, 4.69) is 29.6 Å². The quantitative estimate of drug-likeness (QED) is 0.645. The Kier molecular flexibility index (Phi) is 9.05. The minimum Gasteiger partial charge on any atom is -0.412 e. The minimum absolute atomic E-state index is 0. The molecule has 0 unspecified atom stereocenters. The zero-order valence-electron chi connectivity index (χ0n) is 8.64. The van der Waals surface area contributed by atoms with Gasteiger partial charge in [0, 0.05) is 12.4 Å². The average molecular weight is 203 g/mol. The fourth-order valence-electron chi connectivity index (χ4n) is 0.927. The second kappa shape index (κ2) is 10.3. The van der Waals surface area contributed by atoms with Crippen LogP contribution in [0.15, 0.2) is 73.2 Å². The first kappa shape index (κ1) is 13.2. The van der Waals surface area contributed by atoms with Gasteiger partial charge < -0.3 is 10.8 Å². The van der Waals surface area contributed by atoms with Crippen LogP contribution in [0, 0.1) is 0 Å². The van der Waals surface area contributed by atoms with E-state index < -0.39 is 0 Å². The van der Waals surface area contributed by atoms with Crippen LogP contribution in [0.1, 0.15) is 6.42 Å². The van der Waals surface area contributed by atoms with E-state index in [-0.39, 0.29) is 5.48 Å². The van der Waals surface area contributed by atoms with E-state index in [1.165, 1.54) is 0 Å². The molecule has 80 valence electrons. The molecule has 0 radical (unpaired) electrons. The van der Waals surface area contributed by atoms with Gasteiger partial charge in [-0.05, 0) is 18.6 Å². The van der Waals surface area contributed by atoms with Gasteiger partial charge in [0.05, 0.1) is 0 Å². The third kappa shape index (κ3) is 8.53. The maximum Gasteiger partial charge on any atom is 0.000442 e. The summed E-state index contributed by atoms with van der Waals surface area (Å²) >= 11 is 0. The van der Waals surface area contributed by atoms with Gasteiger partial charge in [-0.2, -0.15) is 0 Å². The van der Waals surface area contributed by atoms with Crippen molar-refractivity contribution in [3.8, 4) is 0 Å². The molecule has 0 aromatic rings. The third-order valence-electron chi connectivity index (χ3n) is 1.60. The van der Waals surface area contributed by atoms with Gasteiger partial charge in [-0.1, -0.05) is 48.6 Å². The lowest BCUT2D eigenvalue weighted by molar-refractivity contribution is 0.824. The van der Waals surface area contributed by atoms with Gasteiger partial charge in [0.2, 0.25) is 0 Å². The summed E-state index contributed by atoms with van der Waals surface area (Å²) in [7, 11) is 0. The van der Waals surface area contributed by atoms with Crippen molar-refractivity contribution < 1.29 is 5.48 Å². The normalized spacial score (nSPS) is 15.5. The van der Waals surface area contributed by atoms with Crippen LogP contribution >= 0.6 is 0 Å². The molecule has 0 aromatic heterocycles. The summed E-state index contributed by atoms with van der Waals surface area (Å²) in [5.41, 5.74) is 0. The first-order valence-corrected chi connectivity index (χ1v) is 4.73. The van der Waals surface area contributed by atoms with Crippen molar-refractivity contribution in [3.05, 3.63) is 73.2 Å². The van der Waals surface area contributed by atoms with Crippen LogP contribution in [0.25, 0.3) is 0 Å². The van der Waals surface area contributed by atoms with E-state index in [1.54, 1.807) is 0 Å². The number of hydrogen-bond acceptors (Lipinski definition) is 1. The predicted octanol–water partition coefficient (Wildman–Crippen LogP) is 2.41. The number of rotatable bonds is 0. The smallest absolute Gasteiger partial charge is 0.000442 e. The van der Waals surface area contributed by atoms with Crippen molar-refractivity contribution in [1.29, 1.82) is 0 Å². The topological polar surface area (TPSA) is 43.5 Å². The van der Waals surface area contributed by atoms with Crippen molar-refractivity contribution in [3.63, 3.8) is 0 Å². The Bertz CT molecular complexity index is 246. The van der Waals surface area contributed by atoms with E-state index in [0.29, 0.717) is 0 Å². The highest BCUT2D eigenvalue weighted by atomic mass is 16.0. The summed E-state index contributed by atoms with van der Waals surface area (Å²) in [5, 5.41) is 2.92. The molecule has 1 aliphatic carbocycles. The molecule has 0 spiro atoms. The highest BCUT2D eigenvalue weighted by molar-refractivity contribution is 5.16. The summed E-state index contributed by atoms with van der Waals surface area (Å²) in [6, 6.07) is 0. The molecule has 2 aliphatic rings. The van der Waals surface area contributed by atoms with Gasteiger partial charge in [-0.25, -0.2) is 0 Å². The SMILES string of the molecule is C1=CC=CCC=C1.C1=CC=CNC=C1.O. The average Bonchev–Trinajstić information content (AvgIpc) is 2.68. The molecule has 15 heavy (non-hydrogen) atoms. The summed E-state index contributed by atoms with van der Waals surface area (Å²) < 4.78 is 0. The largest absolute Gasteiger partial charge is 0.412 e. The monoisotopic (exact) mass is 203 g/mol. The Morgan fingerprint density at radius 2 is 1.07 bits per heavy atom. The van der Waals surface area contributed by atoms with Crippen molar-refractivity contribution in [2.45, 2.75) is 6.42 Å². The van der Waals surface area contributed by atoms with Crippen molar-refractivity contribution in [2.75, 3.05) is 0 Å². The van der Waals surface area contributed by atoms with Crippen LogP contribution in [0.4, 0.5) is 0 Å². The summed E-state index contributed by atoms with van der Waals surface area (Å²) in [6.07, 6.45) is 25.1. The van der Waals surface area contributed by atoms with E-state index in [9.17, 15) is 0 Å². The summed E-state index contributed by atoms with van der Waals surface area (Å²) in [5.74, 6) is 0. The number of hydrogen-bond donors (Lipinski definition) is 1. The maximum absolute atomic E-state index is 2.92. The Balaban J connectivity index is 0.000000245. The fourth-order valence-corrected chi connectivity index (χ4v) is 0.927. The second-order valence-electron chi connectivity index (χ2n) is 2.75. The molecule has 1 aliphatic heterocycles. The minimum atomic E-state index is 0. The standard InChI is InChI=1S/C7H8.C6H7N.H2O/c2*1-2-4-6-7-5-3-1;/h1-6H,7H2;1-7H;1H2. The number of nitrogens with one attached hydrogen (secondary N) is 1. The van der Waals surface area contributed by atoms with Crippen LogP contribution in [0.2, 0.25) is 0 Å². The zero-order valence-corrected chi connectivity index (χ0v) is 8.64. The second-order valence-corrected chi connectivity index (χ2v) is 2.75. The van der Waals surface area contributed by atoms with E-state index in [1.807, 2.05) is 48.9 Å². The van der Waals surface area contributed by atoms with Gasteiger partial charge in [-0.3, -0.25) is 0 Å². The van der Waals surface area contributed by atoms with Crippen LogP contribution in [-0.2, 0) is 0 Å². The molecular formula is C13H17NO. The van der Waals surface area contributed by atoms with Crippen LogP contribution in [0.5, 0.6) is 0 Å². The molecule has 1 heterocycles. The molecule has 0 aromatic carbocycles. The van der Waals surface area contributed by atoms with E-state index in [0.717, 1.165) is 6.42 Å². The lowest BCUT2D eigenvalue weighted by Crippen LogP contribution is -1.87. The first-order chi connectivity index (χ1) is 7.00. The van der Waals surface area contributed by atoms with Crippen LogP contribution in [-0.4, -0.2) is 5.48 Å². The van der Waals surface area contributed by atoms with E-state index >= 15 is 0 Å². The van der Waals surface area contributed by atoms with Crippen molar-refractivity contribution in [1.82, 2.24) is 5.32 Å². The zero-order chi connectivity index (χ0) is 9.90. The molecule has 0 fully saturated rings. The Morgan fingerprint density at radius 3 is 1.60 bits per heavy atom. The lowest BCUT2D eigenvalue weighted by Gasteiger charge is -1.79. The van der Waals surface area contributed by atoms with Gasteiger partial charge in [0.25, 0.3) is 0 Å². The van der Waals surface area contributed by atoms with Crippen LogP contribution in [0.3, 0.4) is 0 Å². The molecule has 0 bridgehead atoms. The molecule has 3 N–H and O–H groups in total. The van der Waals surface area contributed by atoms with Gasteiger partial charge in [-0.15, -0.1) is 0 Å². The molecule has 2 rings (SSSR count). The lowest BCUT2D eigenvalue weighted by atomic mass is 10.4.